The van der Waals surface area contributed by atoms with Gasteiger partial charge in [0.25, 0.3) is 23.6 Å². The van der Waals surface area contributed by atoms with Crippen LogP contribution in [0.2, 0.25) is 0 Å². The third-order valence-electron chi connectivity index (χ3n) is 24.2. The second-order valence-corrected chi connectivity index (χ2v) is 34.7. The second kappa shape index (κ2) is 48.4. The topological polar surface area (TPSA) is 739 Å². The molecule has 0 radical (unpaired) electrons. The summed E-state index contributed by atoms with van der Waals surface area (Å²) in [5, 5.41) is 95.2. The van der Waals surface area contributed by atoms with Crippen LogP contribution >= 0.6 is 0 Å². The van der Waals surface area contributed by atoms with Gasteiger partial charge in [-0.2, -0.15) is 0 Å². The van der Waals surface area contributed by atoms with Crippen LogP contribution in [-0.4, -0.2) is 405 Å². The van der Waals surface area contributed by atoms with Gasteiger partial charge in [-0.05, 0) is 108 Å². The van der Waals surface area contributed by atoms with Gasteiger partial charge in [0.1, 0.15) is 70.9 Å². The Morgan fingerprint density at radius 2 is 0.639 bits per heavy atom. The summed E-state index contributed by atoms with van der Waals surface area (Å²) >= 11 is 0. The Bertz CT molecular complexity index is 6200. The van der Waals surface area contributed by atoms with Crippen molar-refractivity contribution in [2.75, 3.05) is 138 Å². The first kappa shape index (κ1) is 106. The summed E-state index contributed by atoms with van der Waals surface area (Å²) in [6.45, 7) is 5.14. The first-order valence-electron chi connectivity index (χ1n) is 46.5. The van der Waals surface area contributed by atoms with Crippen LogP contribution in [0.1, 0.15) is 145 Å². The van der Waals surface area contributed by atoms with Gasteiger partial charge in [-0.3, -0.25) is 57.0 Å². The highest BCUT2D eigenvalue weighted by molar-refractivity contribution is 5.88. The quantitative estimate of drug-likeness (QED) is 0.0121. The first-order valence-corrected chi connectivity index (χ1v) is 46.5. The highest BCUT2D eigenvalue weighted by atomic mass is 16.6. The molecule has 5 saturated carbocycles. The minimum Gasteiger partial charge on any atom is -0.453 e. The molecule has 17 rings (SSSR count). The van der Waals surface area contributed by atoms with Crippen molar-refractivity contribution >= 4 is 116 Å². The predicted molar refractivity (Wildman–Crippen MR) is 498 cm³/mol. The standard InChI is InChI=1S/C23H31N7O7.C23H29N7O6.C22H29N7O7.C21H27N7O7/c1-3-36-11-5-10-29(23(34)35-2)9-4-6-14-27-19(24)15-20(28-14)30(12-25-15)22-17(32)16(31)18(37-22)21(33)26-13-7-8-13;1-35-23(34)29(13-5-2-3-6-13)10-4-7-14-27-19(24)15-20(28-14)30(11-25-15)22-17(32)16(31)18(36-22)21(33)26-12-8-9-12;1-34-10-4-9-28(22(33)35-2)8-3-5-13-26-18(23)14-19(27-13)29(11-24-14)21-16(31)15(30)17(36-21)20(32)25-12-6-7-12;1-33-9-8-27(21(32)34-2)7-3-4-12-25-17(22)13-18(26-12)28(10-23-13)20-15(30)14(29)16(35-20)19(31)24-11-5-6-11/h12-13,16-18,22,31-32H,3,5,7-11H2,1-2H3,(H,26,33)(H2,24,27,28);11-13,16-18,22,31-32H,2-3,5-6,8-10H2,1H3,(H,26,33)(H2,24,27,28);11-12,15-17,21,30-31H,4,6-10H2,1-2H3,(H,25,32)(H2,23,26,27);10-11,14-16,20,29-30H,5-9H2,1-2H3,(H,24,31)(H2,22,25,26)/t2*16?,17-,18-,22+;15?,16-,17-,21+;14?,15-,16-,20+/m0000/s1. The molecule has 5 aliphatic carbocycles. The van der Waals surface area contributed by atoms with Gasteiger partial charge in [-0.1, -0.05) is 36.5 Å². The number of rotatable bonds is 29. The maximum absolute atomic E-state index is 12.4. The van der Waals surface area contributed by atoms with Crippen LogP contribution < -0.4 is 44.2 Å². The van der Waals surface area contributed by atoms with E-state index < -0.39 is 146 Å². The normalized spacial score (nSPS) is 23.9. The number of nitrogen functional groups attached to an aromatic ring is 4. The molecule has 774 valence electrons. The van der Waals surface area contributed by atoms with Crippen LogP contribution in [0.4, 0.5) is 42.4 Å². The van der Waals surface area contributed by atoms with Crippen molar-refractivity contribution in [3.8, 4) is 47.4 Å². The van der Waals surface area contributed by atoms with E-state index in [1.54, 1.807) is 12.0 Å². The zero-order chi connectivity index (χ0) is 103. The Morgan fingerprint density at radius 3 is 0.903 bits per heavy atom. The lowest BCUT2D eigenvalue weighted by Gasteiger charge is -2.25. The maximum Gasteiger partial charge on any atom is 0.410 e. The van der Waals surface area contributed by atoms with E-state index in [0.717, 1.165) is 77.0 Å². The van der Waals surface area contributed by atoms with E-state index in [-0.39, 0.29) is 154 Å². The van der Waals surface area contributed by atoms with E-state index >= 15 is 0 Å². The van der Waals surface area contributed by atoms with Crippen LogP contribution in [0.5, 0.6) is 0 Å². The molecule has 9 fully saturated rings. The maximum atomic E-state index is 12.4. The summed E-state index contributed by atoms with van der Waals surface area (Å²) in [5.74, 6) is 21.0. The number of amides is 8. The summed E-state index contributed by atoms with van der Waals surface area (Å²) in [6.07, 6.45) is -5.42. The number of hydrogen-bond acceptors (Lipinski definition) is 43. The molecule has 4 aliphatic heterocycles. The number of nitrogens with zero attached hydrogens (tertiary/aromatic N) is 20. The van der Waals surface area contributed by atoms with E-state index in [9.17, 15) is 79.2 Å². The monoisotopic (exact) mass is 2010 g/mol. The molecule has 12 heterocycles. The lowest BCUT2D eigenvalue weighted by molar-refractivity contribution is -0.138. The Labute approximate surface area is 821 Å². The summed E-state index contributed by atoms with van der Waals surface area (Å²) in [4.78, 5) is 154. The largest absolute Gasteiger partial charge is 0.453 e. The lowest BCUT2D eigenvalue weighted by Crippen LogP contribution is -2.43. The van der Waals surface area contributed by atoms with Gasteiger partial charge in [0.05, 0.1) is 86.5 Å². The molecule has 8 amide bonds. The van der Waals surface area contributed by atoms with Crippen molar-refractivity contribution < 1.29 is 131 Å². The number of nitrogens with one attached hydrogen (secondary N) is 4. The number of aromatic nitrogens is 16. The molecule has 55 nitrogen and oxygen atoms in total. The Kier molecular flexibility index (Phi) is 35.5. The summed E-state index contributed by atoms with van der Waals surface area (Å²) in [6, 6.07) is 0.376. The van der Waals surface area contributed by atoms with E-state index in [1.165, 1.54) is 93.8 Å². The average Bonchev–Trinajstić information content (AvgIpc) is 1.62. The molecule has 0 aromatic carbocycles. The van der Waals surface area contributed by atoms with Crippen molar-refractivity contribution in [2.24, 2.45) is 0 Å². The number of anilines is 4. The molecule has 4 unspecified atom stereocenters. The molecule has 20 N–H and O–H groups in total. The number of carbonyl (C=O) groups is 8. The van der Waals surface area contributed by atoms with Gasteiger partial charge in [0.2, 0.25) is 23.3 Å². The fraction of sp³-hybridized carbons (Fsp3) is 0.596. The number of methoxy groups -OCH3 is 6. The van der Waals surface area contributed by atoms with Gasteiger partial charge >= 0.3 is 24.4 Å². The van der Waals surface area contributed by atoms with E-state index in [2.05, 4.69) is 128 Å². The fourth-order valence-corrected chi connectivity index (χ4v) is 15.9. The zero-order valence-corrected chi connectivity index (χ0v) is 79.7. The molecule has 55 heteroatoms. The van der Waals surface area contributed by atoms with Crippen LogP contribution in [0.3, 0.4) is 0 Å². The second-order valence-electron chi connectivity index (χ2n) is 34.7. The van der Waals surface area contributed by atoms with Crippen LogP contribution in [0.15, 0.2) is 25.3 Å². The van der Waals surface area contributed by atoms with E-state index in [1.807, 2.05) is 6.92 Å². The number of ether oxygens (including phenoxy) is 11. The fourth-order valence-electron chi connectivity index (χ4n) is 15.9. The molecule has 9 aliphatic rings. The van der Waals surface area contributed by atoms with Crippen molar-refractivity contribution in [3.05, 3.63) is 48.6 Å². The minimum absolute atomic E-state index is 0.0328. The smallest absolute Gasteiger partial charge is 0.410 e. The number of aliphatic hydroxyl groups excluding tert-OH is 8. The summed E-state index contributed by atoms with van der Waals surface area (Å²) in [5.41, 5.74) is 26.0. The molecule has 144 heavy (non-hydrogen) atoms. The third-order valence-corrected chi connectivity index (χ3v) is 24.2. The third kappa shape index (κ3) is 25.6. The number of hydrogen-bond donors (Lipinski definition) is 16. The Hall–Kier alpha value is -14.0. The van der Waals surface area contributed by atoms with Crippen LogP contribution in [0, 0.1) is 47.4 Å². The summed E-state index contributed by atoms with van der Waals surface area (Å²) < 4.78 is 62.9. The molecular weight excluding hydrogens is 1890 g/mol. The van der Waals surface area contributed by atoms with Gasteiger partial charge < -0.3 is 137 Å². The van der Waals surface area contributed by atoms with Gasteiger partial charge in [0, 0.05) is 83.9 Å². The van der Waals surface area contributed by atoms with Crippen molar-refractivity contribution in [2.45, 2.75) is 225 Å². The van der Waals surface area contributed by atoms with Crippen molar-refractivity contribution in [1.82, 2.24) is 119 Å². The molecule has 8 aromatic heterocycles. The van der Waals surface area contributed by atoms with E-state index in [4.69, 9.17) is 75.0 Å². The van der Waals surface area contributed by atoms with Gasteiger partial charge in [0.15, 0.2) is 95.2 Å². The van der Waals surface area contributed by atoms with Crippen molar-refractivity contribution in [3.63, 3.8) is 0 Å². The number of aliphatic hydroxyl groups is 8. The number of imidazole rings is 4. The summed E-state index contributed by atoms with van der Waals surface area (Å²) in [7, 11) is 8.28. The first-order chi connectivity index (χ1) is 69.4. The number of nitrogens with two attached hydrogens (primary N) is 4. The lowest BCUT2D eigenvalue weighted by atomic mass is 10.1. The molecule has 4 saturated heterocycles. The van der Waals surface area contributed by atoms with Crippen LogP contribution in [-0.2, 0) is 71.3 Å². The molecule has 0 bridgehead atoms. The molecule has 8 aromatic rings. The van der Waals surface area contributed by atoms with Crippen LogP contribution in [0.25, 0.3) is 44.7 Å². The molecular formula is C89H116N28O27. The Morgan fingerprint density at radius 1 is 0.368 bits per heavy atom. The molecule has 0 spiro atoms. The Balaban J connectivity index is 0.000000152. The van der Waals surface area contributed by atoms with Gasteiger partial charge in [-0.25, -0.2) is 79.0 Å². The van der Waals surface area contributed by atoms with Gasteiger partial charge in [-0.15, -0.1) is 0 Å². The molecule has 16 atom stereocenters. The number of carbonyl (C=O) groups excluding carboxylic acids is 8. The zero-order valence-electron chi connectivity index (χ0n) is 79.7. The SMILES string of the molecule is CCOCCCN(CC#Cc1nc(N)c2ncn([C@@H]3O[C@H](C(=O)NC4CC4)C(O)[C@@H]3O)c2n1)C(=O)OC.COC(=O)N(CC#Cc1nc(N)c2ncn([C@@H]3O[C@H](C(=O)NC4CC4)C(O)[C@@H]3O)c2n1)C1CCCC1.COCCCN(CC#Cc1nc(N)c2ncn([C@@H]3O[C@H](C(=O)NC4CC4)C(O)[C@@H]3O)c2n1)C(=O)OC.COCCN(CC#Cc1nc(N)c2ncn([C@@H]3O[C@H](C(=O)NC4CC4)C(O)[C@@H]3O)c2n1)C(=O)OC. The average molecular weight is 2010 g/mol. The van der Waals surface area contributed by atoms with Crippen molar-refractivity contribution in [1.29, 1.82) is 0 Å². The predicted octanol–water partition coefficient (Wildman–Crippen LogP) is -4.04. The highest BCUT2D eigenvalue weighted by Gasteiger charge is 2.53. The van der Waals surface area contributed by atoms with E-state index in [0.29, 0.717) is 52.4 Å². The number of fused-ring (bicyclic) bond motifs is 4. The minimum atomic E-state index is -1.44. The highest BCUT2D eigenvalue weighted by Crippen LogP contribution is 2.39.